The number of benzene rings is 1. The van der Waals surface area contributed by atoms with E-state index in [9.17, 15) is 4.79 Å². The molecule has 0 aromatic heterocycles. The van der Waals surface area contributed by atoms with Crippen molar-refractivity contribution in [2.24, 2.45) is 0 Å². The molecule has 0 spiro atoms. The van der Waals surface area contributed by atoms with Crippen LogP contribution in [-0.2, 0) is 4.79 Å². The number of ether oxygens (including phenoxy) is 1. The predicted molar refractivity (Wildman–Crippen MR) is 128 cm³/mol. The molecule has 0 atom stereocenters. The molecule has 3 nitrogen and oxygen atoms in total. The van der Waals surface area contributed by atoms with E-state index in [1.54, 1.807) is 0 Å². The predicted octanol–water partition coefficient (Wildman–Crippen LogP) is 7.82. The quantitative estimate of drug-likeness (QED) is 0.210. The first-order valence-corrected chi connectivity index (χ1v) is 12.7. The van der Waals surface area contributed by atoms with Gasteiger partial charge in [0.1, 0.15) is 5.75 Å². The van der Waals surface area contributed by atoms with E-state index in [-0.39, 0.29) is 5.91 Å². The number of carbonyl (C=O) groups excluding carboxylic acids is 1. The monoisotopic (exact) mass is 467 g/mol. The van der Waals surface area contributed by atoms with Crippen molar-refractivity contribution >= 4 is 21.8 Å². The zero-order valence-corrected chi connectivity index (χ0v) is 20.1. The average Bonchev–Trinajstić information content (AvgIpc) is 2.72. The number of halogens is 1. The summed E-state index contributed by atoms with van der Waals surface area (Å²) in [6, 6.07) is 7.67. The topological polar surface area (TPSA) is 38.3 Å². The molecule has 1 aromatic rings. The smallest absolute Gasteiger partial charge is 0.223 e. The lowest BCUT2D eigenvalue weighted by Gasteiger charge is -2.07. The van der Waals surface area contributed by atoms with Gasteiger partial charge in [-0.05, 0) is 30.7 Å². The zero-order valence-electron chi connectivity index (χ0n) is 18.5. The highest BCUT2D eigenvalue weighted by atomic mass is 79.9. The molecule has 0 saturated heterocycles. The number of carbonyl (C=O) groups is 1. The molecule has 0 bridgehead atoms. The van der Waals surface area contributed by atoms with Crippen molar-refractivity contribution in [2.75, 3.05) is 13.2 Å². The van der Waals surface area contributed by atoms with Gasteiger partial charge in [-0.15, -0.1) is 0 Å². The first kappa shape index (κ1) is 26.0. The molecular weight excluding hydrogens is 426 g/mol. The number of rotatable bonds is 19. The molecule has 0 fully saturated rings. The van der Waals surface area contributed by atoms with Gasteiger partial charge < -0.3 is 10.1 Å². The fourth-order valence-electron chi connectivity index (χ4n) is 3.43. The first-order valence-electron chi connectivity index (χ1n) is 11.9. The van der Waals surface area contributed by atoms with Gasteiger partial charge in [0.25, 0.3) is 0 Å². The second kappa shape index (κ2) is 19.0. The standard InChI is InChI=1S/C25H42BrNO2/c1-2-3-4-5-6-7-8-9-10-11-12-13-14-15-21-27-25(28)20-22-29-24-18-16-23(26)17-19-24/h16-19H,2-15,20-22H2,1H3,(H,27,28). The van der Waals surface area contributed by atoms with Gasteiger partial charge in [0.15, 0.2) is 0 Å². The molecule has 166 valence electrons. The second-order valence-electron chi connectivity index (χ2n) is 8.00. The maximum Gasteiger partial charge on any atom is 0.223 e. The van der Waals surface area contributed by atoms with Crippen LogP contribution in [0.15, 0.2) is 28.7 Å². The number of hydrogen-bond acceptors (Lipinski definition) is 2. The van der Waals surface area contributed by atoms with Gasteiger partial charge in [0.2, 0.25) is 5.91 Å². The minimum absolute atomic E-state index is 0.0804. The molecule has 1 amide bonds. The summed E-state index contributed by atoms with van der Waals surface area (Å²) in [7, 11) is 0. The van der Waals surface area contributed by atoms with E-state index in [4.69, 9.17) is 4.74 Å². The summed E-state index contributed by atoms with van der Waals surface area (Å²) in [5, 5.41) is 2.99. The summed E-state index contributed by atoms with van der Waals surface area (Å²) in [4.78, 5) is 11.8. The Morgan fingerprint density at radius 3 is 1.79 bits per heavy atom. The number of nitrogens with one attached hydrogen (secondary N) is 1. The van der Waals surface area contributed by atoms with E-state index in [0.29, 0.717) is 13.0 Å². The summed E-state index contributed by atoms with van der Waals surface area (Å²) < 4.78 is 6.60. The van der Waals surface area contributed by atoms with Crippen LogP contribution >= 0.6 is 15.9 Å². The van der Waals surface area contributed by atoms with Crippen molar-refractivity contribution in [1.29, 1.82) is 0 Å². The van der Waals surface area contributed by atoms with E-state index < -0.39 is 0 Å². The van der Waals surface area contributed by atoms with Gasteiger partial charge in [0, 0.05) is 11.0 Å². The molecule has 0 aliphatic heterocycles. The maximum absolute atomic E-state index is 11.8. The van der Waals surface area contributed by atoms with Crippen LogP contribution in [-0.4, -0.2) is 19.1 Å². The fourth-order valence-corrected chi connectivity index (χ4v) is 3.69. The highest BCUT2D eigenvalue weighted by Crippen LogP contribution is 2.16. The van der Waals surface area contributed by atoms with E-state index in [2.05, 4.69) is 28.2 Å². The van der Waals surface area contributed by atoms with Crippen LogP contribution in [0.5, 0.6) is 5.75 Å². The summed E-state index contributed by atoms with van der Waals surface area (Å²) in [5.74, 6) is 0.879. The highest BCUT2D eigenvalue weighted by molar-refractivity contribution is 9.10. The molecule has 0 aliphatic rings. The number of hydrogen-bond donors (Lipinski definition) is 1. The Morgan fingerprint density at radius 1 is 0.793 bits per heavy atom. The first-order chi connectivity index (χ1) is 14.2. The van der Waals surface area contributed by atoms with Gasteiger partial charge in [-0.1, -0.05) is 106 Å². The summed E-state index contributed by atoms with van der Waals surface area (Å²) in [6.45, 7) is 3.49. The lowest BCUT2D eigenvalue weighted by molar-refractivity contribution is -0.121. The van der Waals surface area contributed by atoms with E-state index in [1.165, 1.54) is 83.5 Å². The lowest BCUT2D eigenvalue weighted by Crippen LogP contribution is -2.25. The van der Waals surface area contributed by atoms with Crippen LogP contribution in [0.4, 0.5) is 0 Å². The number of unbranched alkanes of at least 4 members (excludes halogenated alkanes) is 13. The van der Waals surface area contributed by atoms with Crippen molar-refractivity contribution in [3.63, 3.8) is 0 Å². The lowest BCUT2D eigenvalue weighted by atomic mass is 10.0. The maximum atomic E-state index is 11.8. The third kappa shape index (κ3) is 16.5. The Morgan fingerprint density at radius 2 is 1.28 bits per heavy atom. The molecule has 1 rings (SSSR count). The Labute approximate surface area is 187 Å². The Bertz CT molecular complexity index is 504. The largest absolute Gasteiger partial charge is 0.493 e. The van der Waals surface area contributed by atoms with Crippen LogP contribution in [0.2, 0.25) is 0 Å². The van der Waals surface area contributed by atoms with Crippen LogP contribution in [0.3, 0.4) is 0 Å². The minimum atomic E-state index is 0.0804. The van der Waals surface area contributed by atoms with E-state index in [1.807, 2.05) is 24.3 Å². The van der Waals surface area contributed by atoms with Crippen molar-refractivity contribution in [3.8, 4) is 5.75 Å². The Hall–Kier alpha value is -1.03. The summed E-state index contributed by atoms with van der Waals surface area (Å²) >= 11 is 3.39. The van der Waals surface area contributed by atoms with Crippen LogP contribution in [0, 0.1) is 0 Å². The van der Waals surface area contributed by atoms with Crippen LogP contribution in [0.25, 0.3) is 0 Å². The molecular formula is C25H42BrNO2. The van der Waals surface area contributed by atoms with Gasteiger partial charge in [0.05, 0.1) is 13.0 Å². The van der Waals surface area contributed by atoms with Crippen molar-refractivity contribution in [3.05, 3.63) is 28.7 Å². The van der Waals surface area contributed by atoms with Gasteiger partial charge in [-0.25, -0.2) is 0 Å². The molecule has 1 N–H and O–H groups in total. The molecule has 0 radical (unpaired) electrons. The minimum Gasteiger partial charge on any atom is -0.493 e. The van der Waals surface area contributed by atoms with Gasteiger partial charge in [-0.3, -0.25) is 4.79 Å². The molecule has 29 heavy (non-hydrogen) atoms. The summed E-state index contributed by atoms with van der Waals surface area (Å²) in [6.07, 6.45) is 19.4. The van der Waals surface area contributed by atoms with Crippen molar-refractivity contribution in [1.82, 2.24) is 5.32 Å². The zero-order chi connectivity index (χ0) is 21.0. The third-order valence-corrected chi connectivity index (χ3v) is 5.79. The van der Waals surface area contributed by atoms with E-state index >= 15 is 0 Å². The van der Waals surface area contributed by atoms with Gasteiger partial charge >= 0.3 is 0 Å². The normalized spacial score (nSPS) is 10.8. The fraction of sp³-hybridized carbons (Fsp3) is 0.720. The third-order valence-electron chi connectivity index (χ3n) is 5.26. The molecule has 0 unspecified atom stereocenters. The summed E-state index contributed by atoms with van der Waals surface area (Å²) in [5.41, 5.74) is 0. The number of amides is 1. The van der Waals surface area contributed by atoms with Crippen molar-refractivity contribution in [2.45, 2.75) is 103 Å². The van der Waals surface area contributed by atoms with Crippen molar-refractivity contribution < 1.29 is 9.53 Å². The Kier molecular flexibility index (Phi) is 17.0. The molecule has 1 aromatic carbocycles. The van der Waals surface area contributed by atoms with E-state index in [0.717, 1.165) is 23.2 Å². The highest BCUT2D eigenvalue weighted by Gasteiger charge is 2.02. The SMILES string of the molecule is CCCCCCCCCCCCCCCCNC(=O)CCOc1ccc(Br)cc1. The average molecular weight is 469 g/mol. The Balaban J connectivity index is 1.79. The van der Waals surface area contributed by atoms with Crippen LogP contribution in [0.1, 0.15) is 103 Å². The molecule has 4 heteroatoms. The molecule has 0 aliphatic carbocycles. The van der Waals surface area contributed by atoms with Crippen LogP contribution < -0.4 is 10.1 Å². The molecule has 0 saturated carbocycles. The molecule has 0 heterocycles. The second-order valence-corrected chi connectivity index (χ2v) is 8.91. The van der Waals surface area contributed by atoms with Gasteiger partial charge in [-0.2, -0.15) is 0 Å².